The molecular weight excluding hydrogens is 304 g/mol. The second-order valence-electron chi connectivity index (χ2n) is 6.82. The Morgan fingerprint density at radius 2 is 2.12 bits per heavy atom. The van der Waals surface area contributed by atoms with Gasteiger partial charge in [0.15, 0.2) is 0 Å². The monoisotopic (exact) mass is 330 g/mol. The molecule has 0 aromatic heterocycles. The molecule has 3 rings (SSSR count). The average molecular weight is 330 g/mol. The first-order valence-electron chi connectivity index (χ1n) is 8.96. The molecule has 5 nitrogen and oxygen atoms in total. The van der Waals surface area contributed by atoms with Crippen molar-refractivity contribution < 1.29 is 14.3 Å². The lowest BCUT2D eigenvalue weighted by molar-refractivity contribution is -0.143. The number of anilines is 1. The molecule has 2 aliphatic rings. The fourth-order valence-electron chi connectivity index (χ4n) is 3.21. The minimum Gasteiger partial charge on any atom is -0.376 e. The van der Waals surface area contributed by atoms with Gasteiger partial charge < -0.3 is 15.0 Å². The van der Waals surface area contributed by atoms with E-state index in [9.17, 15) is 9.59 Å². The Kier molecular flexibility index (Phi) is 5.51. The Hall–Kier alpha value is -1.88. The number of nitrogens with one attached hydrogen (secondary N) is 1. The van der Waals surface area contributed by atoms with Gasteiger partial charge in [-0.2, -0.15) is 0 Å². The molecule has 1 N–H and O–H groups in total. The Labute approximate surface area is 143 Å². The lowest BCUT2D eigenvalue weighted by Gasteiger charge is -2.22. The summed E-state index contributed by atoms with van der Waals surface area (Å²) in [4.78, 5) is 26.3. The summed E-state index contributed by atoms with van der Waals surface area (Å²) in [5, 5.41) is 2.73. The Bertz CT molecular complexity index is 598. The van der Waals surface area contributed by atoms with Crippen LogP contribution in [-0.2, 0) is 20.9 Å². The lowest BCUT2D eigenvalue weighted by Crippen LogP contribution is -2.42. The molecule has 1 atom stereocenters. The van der Waals surface area contributed by atoms with Crippen LogP contribution in [0.5, 0.6) is 0 Å². The highest BCUT2D eigenvalue weighted by Gasteiger charge is 2.31. The van der Waals surface area contributed by atoms with E-state index in [1.54, 1.807) is 11.0 Å². The van der Waals surface area contributed by atoms with Crippen LogP contribution >= 0.6 is 0 Å². The number of ether oxygens (including phenoxy) is 1. The first-order chi connectivity index (χ1) is 11.7. The molecule has 130 valence electrons. The molecule has 0 spiro atoms. The number of nitrogens with zero attached hydrogens (tertiary/aromatic N) is 1. The molecule has 0 bridgehead atoms. The maximum Gasteiger partial charge on any atom is 0.313 e. The SMILES string of the molecule is CC[C@H]1CCCN1C(=O)C(=O)Nc1cccc(COCC2CC2)c1. The number of hydrogen-bond donors (Lipinski definition) is 1. The number of carbonyl (C=O) groups is 2. The second kappa shape index (κ2) is 7.79. The van der Waals surface area contributed by atoms with E-state index < -0.39 is 11.8 Å². The van der Waals surface area contributed by atoms with Gasteiger partial charge in [0.05, 0.1) is 6.61 Å². The summed E-state index contributed by atoms with van der Waals surface area (Å²) in [6, 6.07) is 7.72. The standard InChI is InChI=1S/C19H26N2O3/c1-2-17-7-4-10-21(17)19(23)18(22)20-16-6-3-5-15(11-16)13-24-12-14-8-9-14/h3,5-6,11,14,17H,2,4,7-10,12-13H2,1H3,(H,20,22)/t17-/m0/s1. The van der Waals surface area contributed by atoms with Crippen LogP contribution in [0.1, 0.15) is 44.6 Å². The zero-order valence-corrected chi connectivity index (χ0v) is 14.3. The maximum atomic E-state index is 12.3. The molecule has 1 aliphatic carbocycles. The summed E-state index contributed by atoms with van der Waals surface area (Å²) in [5.41, 5.74) is 1.65. The fourth-order valence-corrected chi connectivity index (χ4v) is 3.21. The quantitative estimate of drug-likeness (QED) is 0.816. The van der Waals surface area contributed by atoms with Crippen LogP contribution in [0.3, 0.4) is 0 Å². The number of hydrogen-bond acceptors (Lipinski definition) is 3. The van der Waals surface area contributed by atoms with Gasteiger partial charge in [0.2, 0.25) is 0 Å². The largest absolute Gasteiger partial charge is 0.376 e. The van der Waals surface area contributed by atoms with Crippen LogP contribution in [0.25, 0.3) is 0 Å². The Morgan fingerprint density at radius 3 is 2.88 bits per heavy atom. The van der Waals surface area contributed by atoms with Crippen molar-refractivity contribution in [3.8, 4) is 0 Å². The highest BCUT2D eigenvalue weighted by Crippen LogP contribution is 2.29. The highest BCUT2D eigenvalue weighted by molar-refractivity contribution is 6.39. The van der Waals surface area contributed by atoms with E-state index in [1.165, 1.54) is 12.8 Å². The predicted molar refractivity (Wildman–Crippen MR) is 92.5 cm³/mol. The molecule has 2 amide bonds. The van der Waals surface area contributed by atoms with Crippen LogP contribution in [-0.4, -0.2) is 35.9 Å². The van der Waals surface area contributed by atoms with Crippen LogP contribution in [0.2, 0.25) is 0 Å². The predicted octanol–water partition coefficient (Wildman–Crippen LogP) is 2.95. The van der Waals surface area contributed by atoms with Gasteiger partial charge >= 0.3 is 11.8 Å². The summed E-state index contributed by atoms with van der Waals surface area (Å²) in [7, 11) is 0. The maximum absolute atomic E-state index is 12.3. The molecular formula is C19H26N2O3. The van der Waals surface area contributed by atoms with Crippen molar-refractivity contribution in [2.45, 2.75) is 51.7 Å². The van der Waals surface area contributed by atoms with Crippen molar-refractivity contribution >= 4 is 17.5 Å². The summed E-state index contributed by atoms with van der Waals surface area (Å²) in [6.07, 6.45) is 5.41. The van der Waals surface area contributed by atoms with E-state index in [0.717, 1.165) is 37.4 Å². The van der Waals surface area contributed by atoms with Crippen molar-refractivity contribution in [2.75, 3.05) is 18.5 Å². The van der Waals surface area contributed by atoms with Crippen molar-refractivity contribution in [2.24, 2.45) is 5.92 Å². The fraction of sp³-hybridized carbons (Fsp3) is 0.579. The van der Waals surface area contributed by atoms with Crippen LogP contribution in [0.4, 0.5) is 5.69 Å². The van der Waals surface area contributed by atoms with Gasteiger partial charge in [-0.15, -0.1) is 0 Å². The zero-order chi connectivity index (χ0) is 16.9. The Balaban J connectivity index is 1.54. The molecule has 5 heteroatoms. The van der Waals surface area contributed by atoms with Crippen LogP contribution in [0.15, 0.2) is 24.3 Å². The summed E-state index contributed by atoms with van der Waals surface area (Å²) in [5.74, 6) is -0.237. The number of benzene rings is 1. The molecule has 0 unspecified atom stereocenters. The smallest absolute Gasteiger partial charge is 0.313 e. The highest BCUT2D eigenvalue weighted by atomic mass is 16.5. The second-order valence-corrected chi connectivity index (χ2v) is 6.82. The van der Waals surface area contributed by atoms with Crippen molar-refractivity contribution in [1.29, 1.82) is 0 Å². The minimum atomic E-state index is -0.550. The summed E-state index contributed by atoms with van der Waals surface area (Å²) in [6.45, 7) is 4.08. The Morgan fingerprint density at radius 1 is 1.29 bits per heavy atom. The molecule has 1 saturated carbocycles. The molecule has 1 aromatic carbocycles. The van der Waals surface area contributed by atoms with E-state index >= 15 is 0 Å². The van der Waals surface area contributed by atoms with Crippen LogP contribution < -0.4 is 5.32 Å². The van der Waals surface area contributed by atoms with E-state index in [0.29, 0.717) is 18.8 Å². The first-order valence-corrected chi connectivity index (χ1v) is 8.96. The molecule has 1 heterocycles. The number of rotatable bonds is 6. The normalized spacial score (nSPS) is 20.2. The van der Waals surface area contributed by atoms with Gasteiger partial charge in [-0.25, -0.2) is 0 Å². The van der Waals surface area contributed by atoms with Crippen molar-refractivity contribution in [3.63, 3.8) is 0 Å². The van der Waals surface area contributed by atoms with Crippen molar-refractivity contribution in [1.82, 2.24) is 4.90 Å². The van der Waals surface area contributed by atoms with Gasteiger partial charge in [-0.3, -0.25) is 9.59 Å². The molecule has 1 saturated heterocycles. The number of amides is 2. The van der Waals surface area contributed by atoms with Crippen molar-refractivity contribution in [3.05, 3.63) is 29.8 Å². The summed E-state index contributed by atoms with van der Waals surface area (Å²) >= 11 is 0. The van der Waals surface area contributed by atoms with Gasteiger partial charge in [0.25, 0.3) is 0 Å². The average Bonchev–Trinajstić information content (AvgIpc) is 3.28. The minimum absolute atomic E-state index is 0.199. The van der Waals surface area contributed by atoms with E-state index in [4.69, 9.17) is 4.74 Å². The number of carbonyl (C=O) groups excluding carboxylic acids is 2. The van der Waals surface area contributed by atoms with Gasteiger partial charge in [-0.05, 0) is 55.7 Å². The third-order valence-electron chi connectivity index (χ3n) is 4.81. The molecule has 1 aliphatic heterocycles. The molecule has 24 heavy (non-hydrogen) atoms. The number of likely N-dealkylation sites (tertiary alicyclic amines) is 1. The third kappa shape index (κ3) is 4.35. The first kappa shape index (κ1) is 17.0. The van der Waals surface area contributed by atoms with E-state index in [-0.39, 0.29) is 6.04 Å². The third-order valence-corrected chi connectivity index (χ3v) is 4.81. The lowest BCUT2D eigenvalue weighted by atomic mass is 10.1. The van der Waals surface area contributed by atoms with E-state index in [1.807, 2.05) is 18.2 Å². The van der Waals surface area contributed by atoms with Gasteiger partial charge in [0, 0.05) is 24.9 Å². The zero-order valence-electron chi connectivity index (χ0n) is 14.3. The summed E-state index contributed by atoms with van der Waals surface area (Å²) < 4.78 is 5.67. The molecule has 0 radical (unpaired) electrons. The topological polar surface area (TPSA) is 58.6 Å². The van der Waals surface area contributed by atoms with Gasteiger partial charge in [-0.1, -0.05) is 19.1 Å². The van der Waals surface area contributed by atoms with E-state index in [2.05, 4.69) is 12.2 Å². The van der Waals surface area contributed by atoms with Gasteiger partial charge in [0.1, 0.15) is 0 Å². The molecule has 2 fully saturated rings. The van der Waals surface area contributed by atoms with Crippen LogP contribution in [0, 0.1) is 5.92 Å². The molecule has 1 aromatic rings.